The zero-order valence-corrected chi connectivity index (χ0v) is 26.9. The molecule has 47 heavy (non-hydrogen) atoms. The zero-order chi connectivity index (χ0) is 33.9. The van der Waals surface area contributed by atoms with E-state index in [9.17, 15) is 22.8 Å². The molecule has 14 heteroatoms. The maximum atomic E-state index is 13.7. The van der Waals surface area contributed by atoms with Gasteiger partial charge in [-0.3, -0.25) is 4.79 Å². The number of aromatic nitrogens is 2. The monoisotopic (exact) mass is 652 g/mol. The maximum absolute atomic E-state index is 13.7. The number of benzene rings is 2. The molecule has 0 bridgehead atoms. The smallest absolute Gasteiger partial charge is 0.416 e. The molecule has 3 heterocycles. The third kappa shape index (κ3) is 7.43. The van der Waals surface area contributed by atoms with Crippen molar-refractivity contribution in [1.29, 1.82) is 0 Å². The highest BCUT2D eigenvalue weighted by Gasteiger charge is 2.36. The van der Waals surface area contributed by atoms with E-state index in [0.29, 0.717) is 22.7 Å². The Balaban J connectivity index is 1.50. The van der Waals surface area contributed by atoms with Gasteiger partial charge in [-0.15, -0.1) is 0 Å². The van der Waals surface area contributed by atoms with Gasteiger partial charge in [-0.05, 0) is 76.2 Å². The first kappa shape index (κ1) is 33.5. The molecule has 1 saturated heterocycles. The fourth-order valence-corrected chi connectivity index (χ4v) is 5.64. The first-order valence-corrected chi connectivity index (χ1v) is 15.4. The summed E-state index contributed by atoms with van der Waals surface area (Å²) < 4.78 is 45.6. The van der Waals surface area contributed by atoms with E-state index in [2.05, 4.69) is 32.1 Å². The van der Waals surface area contributed by atoms with E-state index in [1.807, 2.05) is 31.9 Å². The van der Waals surface area contributed by atoms with Gasteiger partial charge in [0.2, 0.25) is 11.9 Å². The number of nitrogens with one attached hydrogen (secondary N) is 2. The molecular weight excluding hydrogens is 613 g/mol. The van der Waals surface area contributed by atoms with E-state index in [1.165, 1.54) is 43.1 Å². The van der Waals surface area contributed by atoms with Crippen molar-refractivity contribution < 1.29 is 27.5 Å². The Morgan fingerprint density at radius 2 is 1.85 bits per heavy atom. The number of alkyl halides is 3. The predicted molar refractivity (Wildman–Crippen MR) is 176 cm³/mol. The number of rotatable bonds is 11. The molecule has 3 aromatic rings. The van der Waals surface area contributed by atoms with Gasteiger partial charge in [-0.2, -0.15) is 18.2 Å². The van der Waals surface area contributed by atoms with Crippen molar-refractivity contribution in [1.82, 2.24) is 19.8 Å². The van der Waals surface area contributed by atoms with Gasteiger partial charge >= 0.3 is 12.2 Å². The van der Waals surface area contributed by atoms with E-state index in [4.69, 9.17) is 4.74 Å². The molecule has 0 unspecified atom stereocenters. The van der Waals surface area contributed by atoms with Gasteiger partial charge < -0.3 is 30.1 Å². The van der Waals surface area contributed by atoms with Crippen molar-refractivity contribution in [3.63, 3.8) is 0 Å². The molecular formula is C33H39F3N8O3. The second-order valence-corrected chi connectivity index (χ2v) is 11.8. The van der Waals surface area contributed by atoms with Crippen molar-refractivity contribution in [2.24, 2.45) is 0 Å². The lowest BCUT2D eigenvalue weighted by molar-refractivity contribution is -0.137. The summed E-state index contributed by atoms with van der Waals surface area (Å²) >= 11 is 0. The molecule has 2 N–H and O–H groups in total. The molecule has 1 fully saturated rings. The van der Waals surface area contributed by atoms with E-state index < -0.39 is 17.8 Å². The van der Waals surface area contributed by atoms with Crippen LogP contribution in [0.5, 0.6) is 5.75 Å². The summed E-state index contributed by atoms with van der Waals surface area (Å²) in [6.07, 6.45) is 0.625. The van der Waals surface area contributed by atoms with Crippen molar-refractivity contribution in [2.75, 3.05) is 60.8 Å². The van der Waals surface area contributed by atoms with Crippen LogP contribution in [0.15, 0.2) is 55.3 Å². The lowest BCUT2D eigenvalue weighted by atomic mass is 10.1. The Morgan fingerprint density at radius 1 is 1.15 bits per heavy atom. The highest BCUT2D eigenvalue weighted by atomic mass is 19.4. The minimum Gasteiger partial charge on any atom is -0.494 e. The van der Waals surface area contributed by atoms with Crippen LogP contribution in [0.2, 0.25) is 0 Å². The van der Waals surface area contributed by atoms with E-state index in [-0.39, 0.29) is 35.9 Å². The molecule has 0 radical (unpaired) electrons. The van der Waals surface area contributed by atoms with Gasteiger partial charge in [-0.25, -0.2) is 14.7 Å². The first-order valence-electron chi connectivity index (χ1n) is 15.4. The first-order chi connectivity index (χ1) is 22.4. The molecule has 5 rings (SSSR count). The highest BCUT2D eigenvalue weighted by Crippen LogP contribution is 2.40. The fraction of sp³-hybridized carbons (Fsp3) is 0.394. The summed E-state index contributed by atoms with van der Waals surface area (Å²) in [5.74, 6) is 0.413. The third-order valence-electron chi connectivity index (χ3n) is 8.28. The molecule has 3 amide bonds. The Morgan fingerprint density at radius 3 is 2.47 bits per heavy atom. The number of nitrogens with zero attached hydrogens (tertiary/aromatic N) is 6. The Labute approximate surface area is 272 Å². The van der Waals surface area contributed by atoms with Crippen LogP contribution in [0.25, 0.3) is 0 Å². The molecule has 11 nitrogen and oxygen atoms in total. The molecule has 0 spiro atoms. The number of methoxy groups -OCH3 is 1. The summed E-state index contributed by atoms with van der Waals surface area (Å²) in [5, 5.41) is 6.02. The van der Waals surface area contributed by atoms with Gasteiger partial charge in [0.05, 0.1) is 42.0 Å². The molecule has 1 aromatic heterocycles. The predicted octanol–water partition coefficient (Wildman–Crippen LogP) is 6.39. The van der Waals surface area contributed by atoms with Crippen molar-refractivity contribution in [3.8, 4) is 5.75 Å². The number of carbonyl (C=O) groups excluding carboxylic acids is 2. The van der Waals surface area contributed by atoms with Gasteiger partial charge in [0.25, 0.3) is 0 Å². The molecule has 2 aliphatic rings. The summed E-state index contributed by atoms with van der Waals surface area (Å²) in [6, 6.07) is 7.28. The topological polar surface area (TPSA) is 106 Å². The number of hydrogen-bond acceptors (Lipinski definition) is 8. The Kier molecular flexibility index (Phi) is 9.89. The number of likely N-dealkylation sites (tertiary alicyclic amines) is 1. The summed E-state index contributed by atoms with van der Waals surface area (Å²) in [7, 11) is 3.47. The second-order valence-electron chi connectivity index (χ2n) is 11.8. The van der Waals surface area contributed by atoms with Gasteiger partial charge in [-0.1, -0.05) is 6.58 Å². The van der Waals surface area contributed by atoms with Gasteiger partial charge in [0.15, 0.2) is 5.82 Å². The Bertz CT molecular complexity index is 1620. The number of amides is 3. The lowest BCUT2D eigenvalue weighted by Crippen LogP contribution is -2.48. The second kappa shape index (κ2) is 13.9. The third-order valence-corrected chi connectivity index (χ3v) is 8.28. The van der Waals surface area contributed by atoms with Crippen LogP contribution < -0.4 is 25.2 Å². The quantitative estimate of drug-likeness (QED) is 0.230. The van der Waals surface area contributed by atoms with Crippen LogP contribution in [-0.2, 0) is 17.5 Å². The largest absolute Gasteiger partial charge is 0.494 e. The van der Waals surface area contributed by atoms with Crippen LogP contribution in [0.3, 0.4) is 0 Å². The Hall–Kier alpha value is -4.85. The van der Waals surface area contributed by atoms with Crippen molar-refractivity contribution in [3.05, 3.63) is 66.4 Å². The molecule has 2 aromatic carbocycles. The number of carbonyl (C=O) groups is 2. The van der Waals surface area contributed by atoms with Gasteiger partial charge in [0.1, 0.15) is 5.75 Å². The standard InChI is InChI=1S/C33H39F3N8O3/c1-6-29(45)38-25-17-26(28(47-5)18-27(25)41(4)15-16-42-13-7-8-14-42)39-31-37-19-22-20-43(21(2)3)32(46)44(30(22)40-31)24-11-9-23(10-12-24)33(34,35)36/h6,9-12,17-19,21H,1,7-8,13-16,20H2,2-5H3,(H,38,45)(H,37,39,40). The van der Waals surface area contributed by atoms with E-state index >= 15 is 0 Å². The number of anilines is 6. The molecule has 2 aliphatic heterocycles. The fourth-order valence-electron chi connectivity index (χ4n) is 5.64. The van der Waals surface area contributed by atoms with Gasteiger partial charge in [0, 0.05) is 44.0 Å². The van der Waals surface area contributed by atoms with Crippen LogP contribution in [0, 0.1) is 0 Å². The minimum atomic E-state index is -4.52. The normalized spacial score (nSPS) is 15.1. The lowest BCUT2D eigenvalue weighted by Gasteiger charge is -2.38. The summed E-state index contributed by atoms with van der Waals surface area (Å²) in [4.78, 5) is 42.6. The number of halogens is 3. The van der Waals surface area contributed by atoms with E-state index in [1.54, 1.807) is 17.2 Å². The average molecular weight is 653 g/mol. The van der Waals surface area contributed by atoms with Crippen LogP contribution in [-0.4, -0.2) is 78.1 Å². The van der Waals surface area contributed by atoms with Crippen LogP contribution in [0.1, 0.15) is 37.8 Å². The summed E-state index contributed by atoms with van der Waals surface area (Å²) in [6.45, 7) is 11.2. The average Bonchev–Trinajstić information content (AvgIpc) is 3.57. The number of urea groups is 1. The number of ether oxygens (including phenoxy) is 1. The molecule has 0 saturated carbocycles. The molecule has 0 atom stereocenters. The summed E-state index contributed by atoms with van der Waals surface area (Å²) in [5.41, 5.74) is 1.70. The minimum absolute atomic E-state index is 0.112. The maximum Gasteiger partial charge on any atom is 0.416 e. The van der Waals surface area contributed by atoms with E-state index in [0.717, 1.165) is 44.0 Å². The van der Waals surface area contributed by atoms with Crippen LogP contribution in [0.4, 0.5) is 52.5 Å². The highest BCUT2D eigenvalue weighted by molar-refractivity contribution is 6.02. The number of fused-ring (bicyclic) bond motifs is 1. The number of likely N-dealkylation sites (N-methyl/N-ethyl adjacent to an activating group) is 1. The van der Waals surface area contributed by atoms with Crippen LogP contribution >= 0.6 is 0 Å². The zero-order valence-electron chi connectivity index (χ0n) is 26.9. The number of hydrogen-bond donors (Lipinski definition) is 2. The molecule has 250 valence electrons. The SMILES string of the molecule is C=CC(=O)Nc1cc(Nc2ncc3c(n2)N(c2ccc(C(F)(F)F)cc2)C(=O)N(C(C)C)C3)c(OC)cc1N(C)CCN1CCCC1. The molecule has 0 aliphatic carbocycles. The van der Waals surface area contributed by atoms with Crippen molar-refractivity contribution in [2.45, 2.75) is 45.5 Å². The van der Waals surface area contributed by atoms with Crippen molar-refractivity contribution >= 4 is 46.5 Å².